The van der Waals surface area contributed by atoms with Gasteiger partial charge in [0, 0.05) is 18.8 Å². The second kappa shape index (κ2) is 8.06. The average Bonchev–Trinajstić information content (AvgIpc) is 2.54. The standard InChI is InChI=1S/C16H20F3NO2S/c17-16(18,19)13-7-4-8-20(9-13)15(22)11-23-10-14(21)12-5-2-1-3-6-12/h1-3,5-6,13-14,21H,4,7-11H2. The van der Waals surface area contributed by atoms with Crippen molar-refractivity contribution in [3.05, 3.63) is 35.9 Å². The van der Waals surface area contributed by atoms with E-state index in [0.717, 1.165) is 5.56 Å². The Kier molecular flexibility index (Phi) is 6.35. The fraction of sp³-hybridized carbons (Fsp3) is 0.562. The van der Waals surface area contributed by atoms with E-state index in [2.05, 4.69) is 0 Å². The van der Waals surface area contributed by atoms with E-state index in [1.165, 1.54) is 16.7 Å². The van der Waals surface area contributed by atoms with Gasteiger partial charge in [-0.3, -0.25) is 4.79 Å². The molecular formula is C16H20F3NO2S. The number of benzene rings is 1. The topological polar surface area (TPSA) is 40.5 Å². The van der Waals surface area contributed by atoms with Crippen LogP contribution in [0.25, 0.3) is 0 Å². The largest absolute Gasteiger partial charge is 0.393 e. The molecule has 0 radical (unpaired) electrons. The Balaban J connectivity index is 1.76. The molecule has 1 aromatic carbocycles. The van der Waals surface area contributed by atoms with Crippen molar-refractivity contribution in [2.75, 3.05) is 24.6 Å². The van der Waals surface area contributed by atoms with Crippen molar-refractivity contribution in [3.8, 4) is 0 Å². The van der Waals surface area contributed by atoms with Crippen LogP contribution in [0.5, 0.6) is 0 Å². The lowest BCUT2D eigenvalue weighted by molar-refractivity contribution is -0.187. The first kappa shape index (κ1) is 18.1. The number of aliphatic hydroxyl groups excluding tert-OH is 1. The number of carbonyl (C=O) groups is 1. The molecule has 7 heteroatoms. The van der Waals surface area contributed by atoms with Crippen LogP contribution < -0.4 is 0 Å². The minimum atomic E-state index is -4.24. The van der Waals surface area contributed by atoms with Crippen molar-refractivity contribution >= 4 is 17.7 Å². The quantitative estimate of drug-likeness (QED) is 0.889. The van der Waals surface area contributed by atoms with Gasteiger partial charge in [-0.2, -0.15) is 13.2 Å². The summed E-state index contributed by atoms with van der Waals surface area (Å²) in [4.78, 5) is 13.3. The number of piperidine rings is 1. The lowest BCUT2D eigenvalue weighted by atomic mass is 9.97. The number of halogens is 3. The first-order valence-corrected chi connectivity index (χ1v) is 8.68. The molecule has 0 aromatic heterocycles. The van der Waals surface area contributed by atoms with Gasteiger partial charge in [0.25, 0.3) is 0 Å². The van der Waals surface area contributed by atoms with E-state index in [9.17, 15) is 23.1 Å². The number of alkyl halides is 3. The van der Waals surface area contributed by atoms with Crippen LogP contribution in [0, 0.1) is 5.92 Å². The maximum Gasteiger partial charge on any atom is 0.393 e. The van der Waals surface area contributed by atoms with Crippen LogP contribution in [0.15, 0.2) is 30.3 Å². The van der Waals surface area contributed by atoms with E-state index in [1.54, 1.807) is 12.1 Å². The zero-order valence-corrected chi connectivity index (χ0v) is 13.4. The molecule has 2 atom stereocenters. The van der Waals surface area contributed by atoms with E-state index in [4.69, 9.17) is 0 Å². The van der Waals surface area contributed by atoms with Crippen LogP contribution in [0.3, 0.4) is 0 Å². The summed E-state index contributed by atoms with van der Waals surface area (Å²) < 4.78 is 38.2. The average molecular weight is 347 g/mol. The zero-order valence-electron chi connectivity index (χ0n) is 12.6. The summed E-state index contributed by atoms with van der Waals surface area (Å²) >= 11 is 1.24. The van der Waals surface area contributed by atoms with E-state index in [1.807, 2.05) is 18.2 Å². The lowest BCUT2D eigenvalue weighted by Gasteiger charge is -2.33. The number of amides is 1. The predicted molar refractivity (Wildman–Crippen MR) is 84.1 cm³/mol. The Morgan fingerprint density at radius 3 is 2.70 bits per heavy atom. The minimum absolute atomic E-state index is 0.0904. The fourth-order valence-electron chi connectivity index (χ4n) is 2.59. The van der Waals surface area contributed by atoms with E-state index < -0.39 is 18.2 Å². The number of aliphatic hydroxyl groups is 1. The van der Waals surface area contributed by atoms with Crippen molar-refractivity contribution in [2.24, 2.45) is 5.92 Å². The highest BCUT2D eigenvalue weighted by molar-refractivity contribution is 7.99. The Hall–Kier alpha value is -1.21. The van der Waals surface area contributed by atoms with Crippen molar-refractivity contribution in [1.29, 1.82) is 0 Å². The lowest BCUT2D eigenvalue weighted by Crippen LogP contribution is -2.45. The third-order valence-corrected chi connectivity index (χ3v) is 4.93. The van der Waals surface area contributed by atoms with E-state index in [0.29, 0.717) is 18.7 Å². The Morgan fingerprint density at radius 2 is 2.04 bits per heavy atom. The molecule has 0 spiro atoms. The molecule has 2 rings (SSSR count). The molecule has 0 bridgehead atoms. The van der Waals surface area contributed by atoms with E-state index >= 15 is 0 Å². The van der Waals surface area contributed by atoms with Crippen LogP contribution >= 0.6 is 11.8 Å². The van der Waals surface area contributed by atoms with Gasteiger partial charge in [-0.1, -0.05) is 30.3 Å². The van der Waals surface area contributed by atoms with Gasteiger partial charge >= 0.3 is 6.18 Å². The number of nitrogens with zero attached hydrogens (tertiary/aromatic N) is 1. The zero-order chi connectivity index (χ0) is 16.9. The monoisotopic (exact) mass is 347 g/mol. The fourth-order valence-corrected chi connectivity index (χ4v) is 3.48. The highest BCUT2D eigenvalue weighted by atomic mass is 32.2. The first-order valence-electron chi connectivity index (χ1n) is 7.53. The predicted octanol–water partition coefficient (Wildman–Crippen LogP) is 3.25. The second-order valence-electron chi connectivity index (χ2n) is 5.66. The molecule has 1 fully saturated rings. The van der Waals surface area contributed by atoms with Crippen LogP contribution in [-0.2, 0) is 4.79 Å². The van der Waals surface area contributed by atoms with Crippen LogP contribution in [0.4, 0.5) is 13.2 Å². The first-order chi connectivity index (χ1) is 10.9. The van der Waals surface area contributed by atoms with Gasteiger partial charge in [0.1, 0.15) is 0 Å². The molecule has 1 N–H and O–H groups in total. The third-order valence-electron chi connectivity index (χ3n) is 3.92. The SMILES string of the molecule is O=C(CSCC(O)c1ccccc1)N1CCCC(C(F)(F)F)C1. The van der Waals surface area contributed by atoms with Gasteiger partial charge in [0.05, 0.1) is 17.8 Å². The highest BCUT2D eigenvalue weighted by Gasteiger charge is 2.42. The molecule has 23 heavy (non-hydrogen) atoms. The summed E-state index contributed by atoms with van der Waals surface area (Å²) in [6.45, 7) is 0.136. The molecule has 1 saturated heterocycles. The molecule has 2 unspecified atom stereocenters. The van der Waals surface area contributed by atoms with Crippen molar-refractivity contribution in [3.63, 3.8) is 0 Å². The molecule has 1 aliphatic rings. The van der Waals surface area contributed by atoms with E-state index in [-0.39, 0.29) is 24.6 Å². The number of carbonyl (C=O) groups excluding carboxylic acids is 1. The second-order valence-corrected chi connectivity index (χ2v) is 6.69. The Morgan fingerprint density at radius 1 is 1.35 bits per heavy atom. The van der Waals surface area contributed by atoms with Gasteiger partial charge in [-0.15, -0.1) is 11.8 Å². The Bertz CT molecular complexity index is 510. The number of hydrogen-bond donors (Lipinski definition) is 1. The molecule has 1 heterocycles. The summed E-state index contributed by atoms with van der Waals surface area (Å²) in [6.07, 6.45) is -4.45. The van der Waals surface area contributed by atoms with Gasteiger partial charge in [0.2, 0.25) is 5.91 Å². The van der Waals surface area contributed by atoms with Crippen molar-refractivity contribution in [1.82, 2.24) is 4.90 Å². The van der Waals surface area contributed by atoms with Crippen LogP contribution in [-0.4, -0.2) is 46.7 Å². The third kappa shape index (κ3) is 5.42. The number of hydrogen-bond acceptors (Lipinski definition) is 3. The van der Waals surface area contributed by atoms with Gasteiger partial charge in [-0.05, 0) is 18.4 Å². The number of thioether (sulfide) groups is 1. The van der Waals surface area contributed by atoms with Gasteiger partial charge in [0.15, 0.2) is 0 Å². The number of likely N-dealkylation sites (tertiary alicyclic amines) is 1. The summed E-state index contributed by atoms with van der Waals surface area (Å²) in [5.41, 5.74) is 0.766. The summed E-state index contributed by atoms with van der Waals surface area (Å²) in [7, 11) is 0. The highest BCUT2D eigenvalue weighted by Crippen LogP contribution is 2.33. The molecule has 0 aliphatic carbocycles. The molecular weight excluding hydrogens is 327 g/mol. The molecule has 1 aliphatic heterocycles. The maximum absolute atomic E-state index is 12.7. The van der Waals surface area contributed by atoms with Crippen molar-refractivity contribution < 1.29 is 23.1 Å². The Labute approximate surface area is 137 Å². The van der Waals surface area contributed by atoms with Gasteiger partial charge in [-0.25, -0.2) is 0 Å². The molecule has 1 amide bonds. The van der Waals surface area contributed by atoms with Crippen LogP contribution in [0.2, 0.25) is 0 Å². The molecule has 3 nitrogen and oxygen atoms in total. The summed E-state index contributed by atoms with van der Waals surface area (Å²) in [6, 6.07) is 9.08. The number of rotatable bonds is 5. The van der Waals surface area contributed by atoms with Crippen molar-refractivity contribution in [2.45, 2.75) is 25.1 Å². The maximum atomic E-state index is 12.7. The summed E-state index contributed by atoms with van der Waals surface area (Å²) in [5.74, 6) is -1.27. The smallest absolute Gasteiger partial charge is 0.388 e. The van der Waals surface area contributed by atoms with Gasteiger partial charge < -0.3 is 10.0 Å². The molecule has 0 saturated carbocycles. The summed E-state index contributed by atoms with van der Waals surface area (Å²) in [5, 5.41) is 10.00. The minimum Gasteiger partial charge on any atom is -0.388 e. The molecule has 128 valence electrons. The normalized spacial score (nSPS) is 20.3. The molecule has 1 aromatic rings. The van der Waals surface area contributed by atoms with Crippen LogP contribution in [0.1, 0.15) is 24.5 Å².